The fourth-order valence-corrected chi connectivity index (χ4v) is 2.60. The second kappa shape index (κ2) is 6.31. The van der Waals surface area contributed by atoms with E-state index < -0.39 is 5.97 Å². The fourth-order valence-electron chi connectivity index (χ4n) is 1.70. The number of carbonyl (C=O) groups excluding carboxylic acids is 1. The second-order valence-corrected chi connectivity index (χ2v) is 5.04. The number of hydrogen-bond donors (Lipinski definition) is 1. The van der Waals surface area contributed by atoms with Crippen LogP contribution in [0.2, 0.25) is 0 Å². The molecule has 0 saturated carbocycles. The third-order valence-electron chi connectivity index (χ3n) is 2.63. The fraction of sp³-hybridized carbons (Fsp3) is 0.133. The molecule has 1 aromatic heterocycles. The van der Waals surface area contributed by atoms with Gasteiger partial charge in [-0.2, -0.15) is 0 Å². The molecule has 0 amide bonds. The first-order valence-corrected chi connectivity index (χ1v) is 6.61. The van der Waals surface area contributed by atoms with E-state index in [1.807, 2.05) is 42.5 Å². The summed E-state index contributed by atoms with van der Waals surface area (Å²) < 4.78 is 4.70. The van der Waals surface area contributed by atoms with Crippen LogP contribution in [-0.4, -0.2) is 18.2 Å². The highest BCUT2D eigenvalue weighted by Crippen LogP contribution is 2.29. The van der Waals surface area contributed by atoms with Crippen molar-refractivity contribution in [1.82, 2.24) is 0 Å². The lowest BCUT2D eigenvalue weighted by atomic mass is 10.0. The Kier molecular flexibility index (Phi) is 4.49. The van der Waals surface area contributed by atoms with Crippen molar-refractivity contribution in [2.75, 3.05) is 7.11 Å². The summed E-state index contributed by atoms with van der Waals surface area (Å²) in [6.07, 6.45) is 1.47. The summed E-state index contributed by atoms with van der Waals surface area (Å²) in [6.45, 7) is 0.00492. The Morgan fingerprint density at radius 1 is 1.26 bits per heavy atom. The first kappa shape index (κ1) is 13.5. The van der Waals surface area contributed by atoms with Gasteiger partial charge in [0.25, 0.3) is 0 Å². The van der Waals surface area contributed by atoms with Crippen LogP contribution in [0.15, 0.2) is 48.5 Å². The van der Waals surface area contributed by atoms with Gasteiger partial charge in [0.05, 0.1) is 13.7 Å². The minimum atomic E-state index is -0.391. The zero-order valence-electron chi connectivity index (χ0n) is 10.5. The van der Waals surface area contributed by atoms with E-state index in [2.05, 4.69) is 0 Å². The van der Waals surface area contributed by atoms with Gasteiger partial charge in [-0.1, -0.05) is 30.3 Å². The number of carbonyl (C=O) groups is 1. The number of aliphatic hydroxyl groups excluding tert-OH is 1. The van der Waals surface area contributed by atoms with Crippen LogP contribution in [0.5, 0.6) is 0 Å². The van der Waals surface area contributed by atoms with E-state index >= 15 is 0 Å². The summed E-state index contributed by atoms with van der Waals surface area (Å²) in [7, 11) is 1.36. The summed E-state index contributed by atoms with van der Waals surface area (Å²) in [4.78, 5) is 13.3. The van der Waals surface area contributed by atoms with Gasteiger partial charge < -0.3 is 9.84 Å². The van der Waals surface area contributed by atoms with E-state index in [1.165, 1.54) is 24.5 Å². The average Bonchev–Trinajstić information content (AvgIpc) is 2.94. The molecule has 0 radical (unpaired) electrons. The zero-order chi connectivity index (χ0) is 13.7. The first-order valence-electron chi connectivity index (χ1n) is 5.79. The van der Waals surface area contributed by atoms with E-state index in [-0.39, 0.29) is 6.61 Å². The summed E-state index contributed by atoms with van der Waals surface area (Å²) in [5.74, 6) is -0.391. The number of thiophene rings is 1. The first-order chi connectivity index (χ1) is 9.24. The molecule has 0 aliphatic heterocycles. The predicted octanol–water partition coefficient (Wildman–Crippen LogP) is 2.85. The van der Waals surface area contributed by atoms with Crippen LogP contribution in [-0.2, 0) is 16.1 Å². The van der Waals surface area contributed by atoms with Gasteiger partial charge in [-0.3, -0.25) is 0 Å². The van der Waals surface area contributed by atoms with E-state index in [1.54, 1.807) is 0 Å². The van der Waals surface area contributed by atoms with E-state index in [9.17, 15) is 4.79 Å². The number of ether oxygens (including phenoxy) is 1. The molecule has 19 heavy (non-hydrogen) atoms. The Bertz CT molecular complexity index is 584. The Balaban J connectivity index is 2.46. The molecule has 98 valence electrons. The van der Waals surface area contributed by atoms with Gasteiger partial charge in [-0.05, 0) is 17.7 Å². The van der Waals surface area contributed by atoms with Gasteiger partial charge in [0.1, 0.15) is 0 Å². The minimum Gasteiger partial charge on any atom is -0.466 e. The topological polar surface area (TPSA) is 46.5 Å². The Hall–Kier alpha value is -1.91. The maximum absolute atomic E-state index is 11.5. The number of benzene rings is 1. The van der Waals surface area contributed by atoms with Crippen LogP contribution < -0.4 is 0 Å². The molecule has 0 fully saturated rings. The molecular weight excluding hydrogens is 260 g/mol. The van der Waals surface area contributed by atoms with Crippen LogP contribution in [0.3, 0.4) is 0 Å². The van der Waals surface area contributed by atoms with Crippen LogP contribution in [0.25, 0.3) is 5.57 Å². The van der Waals surface area contributed by atoms with Gasteiger partial charge in [-0.25, -0.2) is 4.79 Å². The third kappa shape index (κ3) is 3.30. The quantitative estimate of drug-likeness (QED) is 0.689. The number of aliphatic hydroxyl groups is 1. The molecule has 0 saturated heterocycles. The molecule has 0 aliphatic carbocycles. The molecule has 1 heterocycles. The Morgan fingerprint density at radius 3 is 2.58 bits per heavy atom. The molecule has 4 heteroatoms. The van der Waals surface area contributed by atoms with Gasteiger partial charge in [0, 0.05) is 21.4 Å². The van der Waals surface area contributed by atoms with Crippen molar-refractivity contribution in [3.8, 4) is 0 Å². The molecule has 0 bridgehead atoms. The third-order valence-corrected chi connectivity index (χ3v) is 3.73. The lowest BCUT2D eigenvalue weighted by Gasteiger charge is -2.05. The van der Waals surface area contributed by atoms with Gasteiger partial charge >= 0.3 is 5.97 Å². The summed E-state index contributed by atoms with van der Waals surface area (Å²) in [5.41, 5.74) is 1.75. The van der Waals surface area contributed by atoms with Crippen molar-refractivity contribution in [2.45, 2.75) is 6.61 Å². The molecular formula is C15H14O3S. The lowest BCUT2D eigenvalue weighted by molar-refractivity contribution is -0.134. The molecule has 0 spiro atoms. The van der Waals surface area contributed by atoms with Crippen LogP contribution >= 0.6 is 11.3 Å². The lowest BCUT2D eigenvalue weighted by Crippen LogP contribution is -1.97. The number of esters is 1. The smallest absolute Gasteiger partial charge is 0.331 e. The maximum atomic E-state index is 11.5. The van der Waals surface area contributed by atoms with E-state index in [0.29, 0.717) is 0 Å². The monoisotopic (exact) mass is 274 g/mol. The molecule has 0 aliphatic rings. The van der Waals surface area contributed by atoms with Crippen molar-refractivity contribution in [1.29, 1.82) is 0 Å². The summed E-state index contributed by atoms with van der Waals surface area (Å²) >= 11 is 1.46. The molecule has 0 unspecified atom stereocenters. The minimum absolute atomic E-state index is 0.00492. The van der Waals surface area contributed by atoms with Crippen LogP contribution in [0.1, 0.15) is 15.3 Å². The van der Waals surface area contributed by atoms with Crippen LogP contribution in [0.4, 0.5) is 0 Å². The highest BCUT2D eigenvalue weighted by Gasteiger charge is 2.10. The molecule has 2 aromatic rings. The standard InChI is InChI=1S/C15H14O3S/c1-18-15(17)9-13(11-5-3-2-4-6-11)14-8-7-12(10-16)19-14/h2-9,16H,10H2,1H3/b13-9+. The number of hydrogen-bond acceptors (Lipinski definition) is 4. The molecule has 3 nitrogen and oxygen atoms in total. The van der Waals surface area contributed by atoms with Crippen molar-refractivity contribution in [3.05, 3.63) is 63.9 Å². The summed E-state index contributed by atoms with van der Waals surface area (Å²) in [6, 6.07) is 13.4. The SMILES string of the molecule is COC(=O)/C=C(\c1ccccc1)c1ccc(CO)s1. The highest BCUT2D eigenvalue weighted by atomic mass is 32.1. The highest BCUT2D eigenvalue weighted by molar-refractivity contribution is 7.13. The maximum Gasteiger partial charge on any atom is 0.331 e. The summed E-state index contributed by atoms with van der Waals surface area (Å²) in [5, 5.41) is 9.13. The number of rotatable bonds is 4. The molecule has 2 rings (SSSR count). The van der Waals surface area contributed by atoms with Gasteiger partial charge in [0.15, 0.2) is 0 Å². The van der Waals surface area contributed by atoms with E-state index in [4.69, 9.17) is 9.84 Å². The van der Waals surface area contributed by atoms with Gasteiger partial charge in [-0.15, -0.1) is 11.3 Å². The van der Waals surface area contributed by atoms with Gasteiger partial charge in [0.2, 0.25) is 0 Å². The van der Waals surface area contributed by atoms with Crippen LogP contribution in [0, 0.1) is 0 Å². The molecule has 1 N–H and O–H groups in total. The van der Waals surface area contributed by atoms with Crippen molar-refractivity contribution < 1.29 is 14.6 Å². The molecule has 1 aromatic carbocycles. The predicted molar refractivity (Wildman–Crippen MR) is 75.8 cm³/mol. The van der Waals surface area contributed by atoms with Crippen molar-refractivity contribution in [2.24, 2.45) is 0 Å². The second-order valence-electron chi connectivity index (χ2n) is 3.87. The van der Waals surface area contributed by atoms with Crippen molar-refractivity contribution in [3.63, 3.8) is 0 Å². The average molecular weight is 274 g/mol. The number of methoxy groups -OCH3 is 1. The normalized spacial score (nSPS) is 11.4. The van der Waals surface area contributed by atoms with Crippen molar-refractivity contribution >= 4 is 22.9 Å². The Labute approximate surface area is 115 Å². The molecule has 0 atom stereocenters. The zero-order valence-corrected chi connectivity index (χ0v) is 11.3. The van der Waals surface area contributed by atoms with E-state index in [0.717, 1.165) is 20.9 Å². The largest absolute Gasteiger partial charge is 0.466 e. The Morgan fingerprint density at radius 2 is 2.00 bits per heavy atom.